The Morgan fingerprint density at radius 3 is 1.94 bits per heavy atom. The van der Waals surface area contributed by atoms with E-state index in [1.165, 1.54) is 32.1 Å². The van der Waals surface area contributed by atoms with E-state index in [1.54, 1.807) is 19.9 Å². The maximum Gasteiger partial charge on any atom is 3.00 e. The fourth-order valence-corrected chi connectivity index (χ4v) is 6.32. The van der Waals surface area contributed by atoms with Crippen molar-refractivity contribution in [2.24, 2.45) is 15.8 Å². The predicted octanol–water partition coefficient (Wildman–Crippen LogP) is 1.04. The molecule has 2 aromatic heterocycles. The Bertz CT molecular complexity index is 2060. The van der Waals surface area contributed by atoms with Crippen molar-refractivity contribution in [1.82, 2.24) is 9.97 Å². The molecule has 2 aromatic rings. The molecular formula is C34H32FeN4O10-. The number of carbonyl (C=O) groups excluding carboxylic acids is 1. The molecule has 0 saturated heterocycles. The molecule has 49 heavy (non-hydrogen) atoms. The van der Waals surface area contributed by atoms with Crippen molar-refractivity contribution in [2.45, 2.75) is 66.2 Å². The van der Waals surface area contributed by atoms with Gasteiger partial charge in [0, 0.05) is 12.8 Å². The Labute approximate surface area is 290 Å². The number of Topliss-reactive ketones (excluding diaryl/α,β-unsaturated/α-hetero) is 1. The molecule has 4 N–H and O–H groups in total. The molecule has 1 radical (unpaired) electrons. The van der Waals surface area contributed by atoms with Gasteiger partial charge in [0.15, 0.2) is 5.78 Å². The second kappa shape index (κ2) is 13.4. The van der Waals surface area contributed by atoms with Crippen LogP contribution in [0.25, 0.3) is 23.5 Å². The predicted molar refractivity (Wildman–Crippen MR) is 168 cm³/mol. The number of fused-ring (bicyclic) bond motifs is 7. The van der Waals surface area contributed by atoms with Crippen molar-refractivity contribution in [2.75, 3.05) is 0 Å². The van der Waals surface area contributed by atoms with Crippen molar-refractivity contribution in [1.29, 1.82) is 0 Å². The number of hydrogen-bond donors (Lipinski definition) is 4. The maximum atomic E-state index is 13.9. The van der Waals surface area contributed by atoms with Gasteiger partial charge < -0.3 is 40.8 Å². The van der Waals surface area contributed by atoms with Crippen LogP contribution in [0, 0.1) is 24.7 Å². The number of hydrogen-bond acceptors (Lipinski definition) is 7. The minimum absolute atomic E-state index is 0. The van der Waals surface area contributed by atoms with Crippen LogP contribution in [0.4, 0.5) is 0 Å². The molecule has 15 heteroatoms. The number of aromatic nitrogens is 2. The van der Waals surface area contributed by atoms with Gasteiger partial charge in [-0.15, -0.1) is 39.2 Å². The number of nitrogens with zero attached hydrogens (tertiary/aromatic N) is 4. The van der Waals surface area contributed by atoms with Crippen LogP contribution < -0.4 is 25.8 Å². The molecule has 0 spiro atoms. The minimum atomic E-state index is -1.71. The van der Waals surface area contributed by atoms with Crippen LogP contribution >= 0.6 is 0 Å². The summed E-state index contributed by atoms with van der Waals surface area (Å²) in [6.07, 6.45) is 4.04. The number of aliphatic imine (C=N–C) groups is 1. The summed E-state index contributed by atoms with van der Waals surface area (Å²) in [4.78, 5) is 74.8. The van der Waals surface area contributed by atoms with Gasteiger partial charge in [-0.05, 0) is 39.0 Å². The quantitative estimate of drug-likeness (QED) is 0.253. The Morgan fingerprint density at radius 2 is 1.35 bits per heavy atom. The molecular weight excluding hydrogens is 680 g/mol. The summed E-state index contributed by atoms with van der Waals surface area (Å²) in [5.41, 5.74) is -0.857. The molecule has 0 fully saturated rings. The topological polar surface area (TPSA) is 244 Å². The molecule has 0 aromatic carbocycles. The van der Waals surface area contributed by atoms with Crippen molar-refractivity contribution in [3.8, 4) is 0 Å². The van der Waals surface area contributed by atoms with Gasteiger partial charge in [0.1, 0.15) is 5.71 Å². The van der Waals surface area contributed by atoms with Crippen LogP contribution in [-0.2, 0) is 53.9 Å². The average molecular weight is 712 g/mol. The van der Waals surface area contributed by atoms with Crippen LogP contribution in [0.5, 0.6) is 0 Å². The molecule has 0 aliphatic carbocycles. The van der Waals surface area contributed by atoms with Crippen LogP contribution in [-0.4, -0.2) is 55.8 Å². The SMILES string of the molecule is Cc1c2[n-]c(c1CCC(=O)O)C=c1[n-]c(c(C)c1CCC(=O)O)=CC1=C([O-])C(C)(CC(=O)O)C(=CC3=NC(=C2)C(C)(CC(=O)O)C3=O)[N-]1.[Fe+3]. The molecule has 257 valence electrons. The third-order valence-corrected chi connectivity index (χ3v) is 9.14. The fraction of sp³-hybridized carbons (Fsp3) is 0.353. The number of carbonyl (C=O) groups is 5. The van der Waals surface area contributed by atoms with E-state index in [0.29, 0.717) is 39.0 Å². The van der Waals surface area contributed by atoms with E-state index in [1.807, 2.05) is 0 Å². The number of carboxylic acids is 4. The number of aliphatic carboxylic acids is 4. The monoisotopic (exact) mass is 712 g/mol. The standard InChI is InChI=1S/C34H36N4O10.Fe/c1-15-17(5-7-27(39)40)21-10-22-18(6-8-28(41)42)16(2)20(36-22)11-25-33(3,13-29(43)44)32(48)24(38-25)12-26-34(4,14-30(45)46)31(47)23(37-26)9-19(15)35-21;/h9-12H,5-8,13-14H2,1-4H3,(H8,35,36,37,38,39,40,41,42,43,44,45,46,47,48);/q;+3/p-4. The van der Waals surface area contributed by atoms with Crippen molar-refractivity contribution in [3.05, 3.63) is 78.6 Å². The molecule has 5 rings (SSSR count). The number of carboxylic acid groups (broad SMARTS) is 4. The molecule has 14 nitrogen and oxygen atoms in total. The van der Waals surface area contributed by atoms with Gasteiger partial charge in [-0.25, -0.2) is 4.99 Å². The van der Waals surface area contributed by atoms with Gasteiger partial charge in [-0.1, -0.05) is 53.5 Å². The van der Waals surface area contributed by atoms with Gasteiger partial charge >= 0.3 is 40.9 Å². The molecule has 3 aliphatic heterocycles. The van der Waals surface area contributed by atoms with Gasteiger partial charge in [0.25, 0.3) is 0 Å². The van der Waals surface area contributed by atoms with Gasteiger partial charge in [0.2, 0.25) is 0 Å². The molecule has 2 unspecified atom stereocenters. The third kappa shape index (κ3) is 6.76. The largest absolute Gasteiger partial charge is 3.00 e. The van der Waals surface area contributed by atoms with Crippen molar-refractivity contribution >= 4 is 53.6 Å². The summed E-state index contributed by atoms with van der Waals surface area (Å²) in [5, 5.41) is 57.3. The molecule has 0 saturated carbocycles. The summed E-state index contributed by atoms with van der Waals surface area (Å²) >= 11 is 0. The zero-order chi connectivity index (χ0) is 35.3. The van der Waals surface area contributed by atoms with E-state index in [4.69, 9.17) is 9.97 Å². The summed E-state index contributed by atoms with van der Waals surface area (Å²) in [6.45, 7) is 6.22. The first-order valence-corrected chi connectivity index (χ1v) is 15.0. The molecule has 5 heterocycles. The Balaban J connectivity index is 0.00000541. The maximum absolute atomic E-state index is 13.9. The van der Waals surface area contributed by atoms with E-state index in [2.05, 4.69) is 10.3 Å². The summed E-state index contributed by atoms with van der Waals surface area (Å²) in [6, 6.07) is 0. The summed E-state index contributed by atoms with van der Waals surface area (Å²) in [5.74, 6) is -5.99. The number of ketones is 1. The van der Waals surface area contributed by atoms with Gasteiger partial charge in [-0.3, -0.25) is 24.0 Å². The number of allylic oxidation sites excluding steroid dienone is 3. The normalized spacial score (nSPS) is 21.1. The Kier molecular flexibility index (Phi) is 10.0. The smallest absolute Gasteiger partial charge is 0.876 e. The first-order chi connectivity index (χ1) is 22.4. The van der Waals surface area contributed by atoms with Crippen LogP contribution in [0.2, 0.25) is 0 Å². The summed E-state index contributed by atoms with van der Waals surface area (Å²) in [7, 11) is 0. The van der Waals surface area contributed by atoms with E-state index in [9.17, 15) is 49.5 Å². The summed E-state index contributed by atoms with van der Waals surface area (Å²) < 4.78 is 0. The fourth-order valence-electron chi connectivity index (χ4n) is 6.32. The molecule has 0 amide bonds. The van der Waals surface area contributed by atoms with Crippen molar-refractivity contribution < 1.29 is 66.6 Å². The first-order valence-electron chi connectivity index (χ1n) is 15.0. The molecule has 2 atom stereocenters. The van der Waals surface area contributed by atoms with Crippen LogP contribution in [0.15, 0.2) is 33.9 Å². The van der Waals surface area contributed by atoms with Crippen LogP contribution in [0.1, 0.15) is 73.2 Å². The van der Waals surface area contributed by atoms with Gasteiger partial charge in [0.05, 0.1) is 24.0 Å². The zero-order valence-corrected chi connectivity index (χ0v) is 28.0. The molecule has 3 aliphatic rings. The van der Waals surface area contributed by atoms with E-state index >= 15 is 0 Å². The van der Waals surface area contributed by atoms with E-state index < -0.39 is 59.1 Å². The average Bonchev–Trinajstić information content (AvgIpc) is 3.58. The first kappa shape index (κ1) is 36.7. The molecule has 8 bridgehead atoms. The second-order valence-electron chi connectivity index (χ2n) is 12.6. The van der Waals surface area contributed by atoms with E-state index in [-0.39, 0.29) is 70.9 Å². The van der Waals surface area contributed by atoms with E-state index in [0.717, 1.165) is 0 Å². The Morgan fingerprint density at radius 1 is 0.755 bits per heavy atom. The second-order valence-corrected chi connectivity index (χ2v) is 12.6. The van der Waals surface area contributed by atoms with Crippen molar-refractivity contribution in [3.63, 3.8) is 0 Å². The third-order valence-electron chi connectivity index (χ3n) is 9.14. The zero-order valence-electron chi connectivity index (χ0n) is 26.9. The Hall–Kier alpha value is -5.14. The van der Waals surface area contributed by atoms with Crippen LogP contribution in [0.3, 0.4) is 0 Å². The minimum Gasteiger partial charge on any atom is -0.876 e. The van der Waals surface area contributed by atoms with Gasteiger partial charge in [-0.2, -0.15) is 0 Å². The number of rotatable bonds is 10.